The van der Waals surface area contributed by atoms with Gasteiger partial charge in [-0.25, -0.2) is 0 Å². The Bertz CT molecular complexity index is 422. The zero-order chi connectivity index (χ0) is 12.4. The van der Waals surface area contributed by atoms with E-state index in [4.69, 9.17) is 10.5 Å². The highest BCUT2D eigenvalue weighted by atomic mass is 16.5. The van der Waals surface area contributed by atoms with Gasteiger partial charge in [-0.3, -0.25) is 4.79 Å². The van der Waals surface area contributed by atoms with Gasteiger partial charge in [0.25, 0.3) is 0 Å². The minimum atomic E-state index is -0.401. The summed E-state index contributed by atoms with van der Waals surface area (Å²) in [6.45, 7) is 4.88. The van der Waals surface area contributed by atoms with Crippen molar-refractivity contribution < 1.29 is 9.53 Å². The minimum absolute atomic E-state index is 0.401. The maximum Gasteiger partial charge on any atom is 0.248 e. The van der Waals surface area contributed by atoms with E-state index in [9.17, 15) is 4.79 Å². The van der Waals surface area contributed by atoms with E-state index in [2.05, 4.69) is 13.8 Å². The zero-order valence-electron chi connectivity index (χ0n) is 10.4. The normalized spacial score (nSPS) is 15.0. The molecule has 0 unspecified atom stereocenters. The molecule has 0 aliphatic heterocycles. The summed E-state index contributed by atoms with van der Waals surface area (Å²) in [6, 6.07) is 5.55. The molecule has 0 atom stereocenters. The molecule has 92 valence electrons. The van der Waals surface area contributed by atoms with Crippen LogP contribution in [0.4, 0.5) is 0 Å². The van der Waals surface area contributed by atoms with Gasteiger partial charge in [0.05, 0.1) is 6.61 Å². The molecule has 1 aliphatic carbocycles. The Balaban J connectivity index is 2.23. The van der Waals surface area contributed by atoms with E-state index in [1.54, 1.807) is 12.1 Å². The smallest absolute Gasteiger partial charge is 0.248 e. The van der Waals surface area contributed by atoms with E-state index in [0.717, 1.165) is 5.75 Å². The van der Waals surface area contributed by atoms with Gasteiger partial charge in [-0.1, -0.05) is 19.9 Å². The van der Waals surface area contributed by atoms with Crippen molar-refractivity contribution in [2.75, 3.05) is 6.61 Å². The van der Waals surface area contributed by atoms with Crippen LogP contribution in [0.5, 0.6) is 5.75 Å². The van der Waals surface area contributed by atoms with Gasteiger partial charge < -0.3 is 10.5 Å². The number of ether oxygens (including phenoxy) is 1. The van der Waals surface area contributed by atoms with Gasteiger partial charge in [0, 0.05) is 5.56 Å². The third kappa shape index (κ3) is 2.99. The second-order valence-electron chi connectivity index (χ2n) is 5.10. The van der Waals surface area contributed by atoms with Gasteiger partial charge in [0.2, 0.25) is 5.91 Å². The van der Waals surface area contributed by atoms with Crippen LogP contribution in [0.15, 0.2) is 18.2 Å². The van der Waals surface area contributed by atoms with Gasteiger partial charge in [-0.05, 0) is 42.4 Å². The monoisotopic (exact) mass is 233 g/mol. The molecule has 0 heterocycles. The highest BCUT2D eigenvalue weighted by Gasteiger charge is 2.27. The van der Waals surface area contributed by atoms with Gasteiger partial charge in [-0.2, -0.15) is 0 Å². The van der Waals surface area contributed by atoms with Crippen LogP contribution in [0, 0.1) is 5.92 Å². The van der Waals surface area contributed by atoms with Crippen molar-refractivity contribution in [2.24, 2.45) is 11.7 Å². The molecule has 1 aromatic carbocycles. The Morgan fingerprint density at radius 3 is 2.71 bits per heavy atom. The number of amides is 1. The topological polar surface area (TPSA) is 52.3 Å². The number of rotatable bonds is 5. The van der Waals surface area contributed by atoms with Crippen LogP contribution in [0.2, 0.25) is 0 Å². The number of benzene rings is 1. The Morgan fingerprint density at radius 2 is 2.18 bits per heavy atom. The molecule has 0 spiro atoms. The van der Waals surface area contributed by atoms with Crippen LogP contribution in [0.3, 0.4) is 0 Å². The molecule has 1 amide bonds. The van der Waals surface area contributed by atoms with Crippen molar-refractivity contribution in [2.45, 2.75) is 32.6 Å². The van der Waals surface area contributed by atoms with Crippen molar-refractivity contribution >= 4 is 5.91 Å². The number of primary amides is 1. The predicted octanol–water partition coefficient (Wildman–Crippen LogP) is 2.70. The molecular weight excluding hydrogens is 214 g/mol. The lowest BCUT2D eigenvalue weighted by molar-refractivity contribution is 0.0999. The molecule has 3 nitrogen and oxygen atoms in total. The first-order valence-corrected chi connectivity index (χ1v) is 6.14. The fourth-order valence-corrected chi connectivity index (χ4v) is 1.80. The molecule has 0 aromatic heterocycles. The lowest BCUT2D eigenvalue weighted by atomic mass is 10.1. The van der Waals surface area contributed by atoms with Gasteiger partial charge in [0.15, 0.2) is 0 Å². The predicted molar refractivity (Wildman–Crippen MR) is 67.3 cm³/mol. The van der Waals surface area contributed by atoms with E-state index in [0.29, 0.717) is 24.0 Å². The lowest BCUT2D eigenvalue weighted by Crippen LogP contribution is -2.12. The quantitative estimate of drug-likeness (QED) is 0.850. The zero-order valence-corrected chi connectivity index (χ0v) is 10.4. The molecule has 1 aliphatic rings. The van der Waals surface area contributed by atoms with E-state index in [1.165, 1.54) is 18.4 Å². The summed E-state index contributed by atoms with van der Waals surface area (Å²) >= 11 is 0. The largest absolute Gasteiger partial charge is 0.493 e. The first kappa shape index (κ1) is 12.0. The summed E-state index contributed by atoms with van der Waals surface area (Å²) in [5.41, 5.74) is 7.03. The maximum absolute atomic E-state index is 11.2. The molecular formula is C14H19NO2. The third-order valence-electron chi connectivity index (χ3n) is 2.89. The molecule has 1 fully saturated rings. The van der Waals surface area contributed by atoms with Gasteiger partial charge in [0.1, 0.15) is 5.75 Å². The van der Waals surface area contributed by atoms with Crippen LogP contribution in [-0.4, -0.2) is 12.5 Å². The molecule has 0 saturated heterocycles. The SMILES string of the molecule is CC(C)COc1cc(C(N)=O)ccc1C1CC1. The van der Waals surface area contributed by atoms with Gasteiger partial charge >= 0.3 is 0 Å². The Morgan fingerprint density at radius 1 is 1.47 bits per heavy atom. The van der Waals surface area contributed by atoms with Crippen LogP contribution in [0.1, 0.15) is 48.5 Å². The number of hydrogen-bond donors (Lipinski definition) is 1. The van der Waals surface area contributed by atoms with Gasteiger partial charge in [-0.15, -0.1) is 0 Å². The maximum atomic E-state index is 11.2. The molecule has 0 bridgehead atoms. The molecule has 1 saturated carbocycles. The summed E-state index contributed by atoms with van der Waals surface area (Å²) in [6.07, 6.45) is 2.43. The van der Waals surface area contributed by atoms with Crippen LogP contribution >= 0.6 is 0 Å². The van der Waals surface area contributed by atoms with Crippen molar-refractivity contribution in [1.82, 2.24) is 0 Å². The summed E-state index contributed by atoms with van der Waals surface area (Å²) in [5, 5.41) is 0. The number of carbonyl (C=O) groups excluding carboxylic acids is 1. The van der Waals surface area contributed by atoms with Crippen LogP contribution < -0.4 is 10.5 Å². The number of carbonyl (C=O) groups is 1. The molecule has 0 radical (unpaired) electrons. The highest BCUT2D eigenvalue weighted by molar-refractivity contribution is 5.93. The lowest BCUT2D eigenvalue weighted by Gasteiger charge is -2.13. The first-order chi connectivity index (χ1) is 8.08. The second-order valence-corrected chi connectivity index (χ2v) is 5.10. The summed E-state index contributed by atoms with van der Waals surface area (Å²) in [4.78, 5) is 11.2. The highest BCUT2D eigenvalue weighted by Crippen LogP contribution is 2.44. The molecule has 2 N–H and O–H groups in total. The second kappa shape index (κ2) is 4.78. The molecule has 3 heteroatoms. The van der Waals surface area contributed by atoms with E-state index in [1.807, 2.05) is 6.07 Å². The van der Waals surface area contributed by atoms with Crippen LogP contribution in [-0.2, 0) is 0 Å². The average molecular weight is 233 g/mol. The Kier molecular flexibility index (Phi) is 3.36. The fraction of sp³-hybridized carbons (Fsp3) is 0.500. The molecule has 17 heavy (non-hydrogen) atoms. The molecule has 2 rings (SSSR count). The Labute approximate surface area is 102 Å². The summed E-state index contributed by atoms with van der Waals surface area (Å²) in [7, 11) is 0. The van der Waals surface area contributed by atoms with Crippen molar-refractivity contribution in [3.8, 4) is 5.75 Å². The minimum Gasteiger partial charge on any atom is -0.493 e. The van der Waals surface area contributed by atoms with Crippen molar-refractivity contribution in [3.63, 3.8) is 0 Å². The van der Waals surface area contributed by atoms with E-state index < -0.39 is 5.91 Å². The standard InChI is InChI=1S/C14H19NO2/c1-9(2)8-17-13-7-11(14(15)16)5-6-12(13)10-3-4-10/h5-7,9-10H,3-4,8H2,1-2H3,(H2,15,16). The van der Waals surface area contributed by atoms with Crippen molar-refractivity contribution in [3.05, 3.63) is 29.3 Å². The summed E-state index contributed by atoms with van der Waals surface area (Å²) < 4.78 is 5.78. The first-order valence-electron chi connectivity index (χ1n) is 6.14. The molecule has 1 aromatic rings. The van der Waals surface area contributed by atoms with E-state index >= 15 is 0 Å². The Hall–Kier alpha value is -1.51. The van der Waals surface area contributed by atoms with Crippen LogP contribution in [0.25, 0.3) is 0 Å². The third-order valence-corrected chi connectivity index (χ3v) is 2.89. The number of nitrogens with two attached hydrogens (primary N) is 1. The van der Waals surface area contributed by atoms with E-state index in [-0.39, 0.29) is 0 Å². The fourth-order valence-electron chi connectivity index (χ4n) is 1.80. The van der Waals surface area contributed by atoms with Crippen molar-refractivity contribution in [1.29, 1.82) is 0 Å². The number of hydrogen-bond acceptors (Lipinski definition) is 2. The average Bonchev–Trinajstić information content (AvgIpc) is 3.09. The summed E-state index contributed by atoms with van der Waals surface area (Å²) in [5.74, 6) is 1.51.